The molecule has 0 bridgehead atoms. The third kappa shape index (κ3) is 3.25. The average molecular weight is 292 g/mol. The Hall–Kier alpha value is -1.85. The number of nitrogens with zero attached hydrogens (tertiary/aromatic N) is 3. The maximum Gasteiger partial charge on any atom is 0.227 e. The summed E-state index contributed by atoms with van der Waals surface area (Å²) in [6.07, 6.45) is 1.89. The molecule has 6 nitrogen and oxygen atoms in total. The van der Waals surface area contributed by atoms with Crippen LogP contribution >= 0.6 is 0 Å². The van der Waals surface area contributed by atoms with E-state index in [0.717, 1.165) is 29.8 Å². The number of nitrogens with one attached hydrogen (secondary N) is 1. The molecule has 0 saturated carbocycles. The minimum absolute atomic E-state index is 0.0425. The van der Waals surface area contributed by atoms with Crippen molar-refractivity contribution in [3.63, 3.8) is 0 Å². The molecule has 0 aliphatic carbocycles. The van der Waals surface area contributed by atoms with Crippen molar-refractivity contribution >= 4 is 11.8 Å². The topological polar surface area (TPSA) is 67.2 Å². The second-order valence-corrected chi connectivity index (χ2v) is 5.72. The number of aromatic nitrogens is 2. The van der Waals surface area contributed by atoms with E-state index in [0.29, 0.717) is 19.5 Å². The maximum absolute atomic E-state index is 12.4. The van der Waals surface area contributed by atoms with Gasteiger partial charge in [0.2, 0.25) is 11.8 Å². The Morgan fingerprint density at radius 3 is 2.38 bits per heavy atom. The normalized spacial score (nSPS) is 16.1. The number of hydrogen-bond acceptors (Lipinski definition) is 3. The third-order valence-corrected chi connectivity index (χ3v) is 4.45. The molecule has 1 saturated heterocycles. The zero-order chi connectivity index (χ0) is 15.6. The van der Waals surface area contributed by atoms with E-state index in [4.69, 9.17) is 0 Å². The van der Waals surface area contributed by atoms with E-state index in [2.05, 4.69) is 10.4 Å². The van der Waals surface area contributed by atoms with Crippen LogP contribution in [0.4, 0.5) is 0 Å². The van der Waals surface area contributed by atoms with Crippen LogP contribution in [0.25, 0.3) is 0 Å². The van der Waals surface area contributed by atoms with E-state index >= 15 is 0 Å². The van der Waals surface area contributed by atoms with Crippen LogP contribution in [0, 0.1) is 19.8 Å². The van der Waals surface area contributed by atoms with Crippen LogP contribution in [0.2, 0.25) is 0 Å². The van der Waals surface area contributed by atoms with Crippen molar-refractivity contribution in [3.05, 3.63) is 17.0 Å². The van der Waals surface area contributed by atoms with Gasteiger partial charge in [0, 0.05) is 44.4 Å². The fourth-order valence-electron chi connectivity index (χ4n) is 2.93. The molecular formula is C15H24N4O2. The second kappa shape index (κ2) is 6.28. The van der Waals surface area contributed by atoms with Crippen LogP contribution in [0.15, 0.2) is 0 Å². The molecule has 0 radical (unpaired) electrons. The molecule has 1 aliphatic heterocycles. The van der Waals surface area contributed by atoms with Crippen molar-refractivity contribution in [2.24, 2.45) is 13.0 Å². The number of carbonyl (C=O) groups is 2. The number of hydrogen-bond donors (Lipinski definition) is 1. The first-order valence-electron chi connectivity index (χ1n) is 7.42. The summed E-state index contributed by atoms with van der Waals surface area (Å²) in [5, 5.41) is 7.03. The summed E-state index contributed by atoms with van der Waals surface area (Å²) < 4.78 is 1.82. The van der Waals surface area contributed by atoms with Crippen LogP contribution < -0.4 is 5.32 Å². The van der Waals surface area contributed by atoms with E-state index < -0.39 is 0 Å². The van der Waals surface area contributed by atoms with Gasteiger partial charge in [-0.3, -0.25) is 14.3 Å². The molecule has 1 fully saturated rings. The highest BCUT2D eigenvalue weighted by molar-refractivity contribution is 5.81. The van der Waals surface area contributed by atoms with Gasteiger partial charge in [-0.15, -0.1) is 0 Å². The van der Waals surface area contributed by atoms with Gasteiger partial charge in [0.15, 0.2) is 0 Å². The van der Waals surface area contributed by atoms with Gasteiger partial charge in [0.25, 0.3) is 0 Å². The van der Waals surface area contributed by atoms with Crippen molar-refractivity contribution in [3.8, 4) is 0 Å². The molecule has 2 rings (SSSR count). The number of amides is 2. The lowest BCUT2D eigenvalue weighted by atomic mass is 9.95. The highest BCUT2D eigenvalue weighted by atomic mass is 16.2. The quantitative estimate of drug-likeness (QED) is 0.885. The van der Waals surface area contributed by atoms with Gasteiger partial charge < -0.3 is 10.2 Å². The summed E-state index contributed by atoms with van der Waals surface area (Å²) in [6, 6.07) is 0. The van der Waals surface area contributed by atoms with Crippen LogP contribution in [0.1, 0.15) is 29.8 Å². The Morgan fingerprint density at radius 2 is 1.90 bits per heavy atom. The van der Waals surface area contributed by atoms with E-state index in [-0.39, 0.29) is 17.7 Å². The molecule has 2 heterocycles. The molecule has 1 aromatic rings. The average Bonchev–Trinajstić information content (AvgIpc) is 2.73. The Bertz CT molecular complexity index is 542. The summed E-state index contributed by atoms with van der Waals surface area (Å²) in [4.78, 5) is 25.9. The van der Waals surface area contributed by atoms with Crippen LogP contribution in [0.3, 0.4) is 0 Å². The highest BCUT2D eigenvalue weighted by Crippen LogP contribution is 2.19. The molecule has 116 valence electrons. The molecule has 0 aromatic carbocycles. The first-order chi connectivity index (χ1) is 9.93. The maximum atomic E-state index is 12.4. The molecule has 0 unspecified atom stereocenters. The lowest BCUT2D eigenvalue weighted by molar-refractivity contribution is -0.134. The smallest absolute Gasteiger partial charge is 0.227 e. The van der Waals surface area contributed by atoms with Crippen molar-refractivity contribution in [1.82, 2.24) is 20.0 Å². The summed E-state index contributed by atoms with van der Waals surface area (Å²) >= 11 is 0. The monoisotopic (exact) mass is 292 g/mol. The van der Waals surface area contributed by atoms with Crippen LogP contribution in [-0.4, -0.2) is 46.6 Å². The minimum Gasteiger partial charge on any atom is -0.359 e. The Morgan fingerprint density at radius 1 is 1.29 bits per heavy atom. The highest BCUT2D eigenvalue weighted by Gasteiger charge is 2.27. The van der Waals surface area contributed by atoms with Crippen LogP contribution in [-0.2, 0) is 23.1 Å². The van der Waals surface area contributed by atoms with Crippen LogP contribution in [0.5, 0.6) is 0 Å². The Balaban J connectivity index is 1.95. The molecule has 1 N–H and O–H groups in total. The van der Waals surface area contributed by atoms with Gasteiger partial charge in [0.1, 0.15) is 0 Å². The SMILES string of the molecule is CNC(=O)C1CCN(C(=O)Cc2c(C)nn(C)c2C)CC1. The number of aryl methyl sites for hydroxylation is 2. The lowest BCUT2D eigenvalue weighted by Crippen LogP contribution is -2.43. The predicted molar refractivity (Wildman–Crippen MR) is 79.8 cm³/mol. The van der Waals surface area contributed by atoms with Gasteiger partial charge in [-0.2, -0.15) is 5.10 Å². The van der Waals surface area contributed by atoms with Crippen molar-refractivity contribution in [2.45, 2.75) is 33.1 Å². The van der Waals surface area contributed by atoms with Gasteiger partial charge in [0.05, 0.1) is 12.1 Å². The first-order valence-corrected chi connectivity index (χ1v) is 7.42. The van der Waals surface area contributed by atoms with E-state index in [1.165, 1.54) is 0 Å². The van der Waals surface area contributed by atoms with E-state index in [1.807, 2.05) is 30.5 Å². The fourth-order valence-corrected chi connectivity index (χ4v) is 2.93. The summed E-state index contributed by atoms with van der Waals surface area (Å²) in [5.41, 5.74) is 2.99. The van der Waals surface area contributed by atoms with Gasteiger partial charge in [-0.25, -0.2) is 0 Å². The van der Waals surface area contributed by atoms with Gasteiger partial charge in [-0.1, -0.05) is 0 Å². The molecule has 0 atom stereocenters. The van der Waals surface area contributed by atoms with E-state index in [9.17, 15) is 9.59 Å². The van der Waals surface area contributed by atoms with Gasteiger partial charge in [-0.05, 0) is 26.7 Å². The molecular weight excluding hydrogens is 268 g/mol. The Kier molecular flexibility index (Phi) is 4.65. The number of carbonyl (C=O) groups excluding carboxylic acids is 2. The van der Waals surface area contributed by atoms with Crippen molar-refractivity contribution < 1.29 is 9.59 Å². The third-order valence-electron chi connectivity index (χ3n) is 4.45. The molecule has 21 heavy (non-hydrogen) atoms. The Labute approximate surface area is 125 Å². The number of likely N-dealkylation sites (tertiary alicyclic amines) is 1. The standard InChI is InChI=1S/C15H24N4O2/c1-10-13(11(2)18(4)17-10)9-14(20)19-7-5-12(6-8-19)15(21)16-3/h12H,5-9H2,1-4H3,(H,16,21). The van der Waals surface area contributed by atoms with Crippen molar-refractivity contribution in [1.29, 1.82) is 0 Å². The minimum atomic E-state index is 0.0425. The molecule has 6 heteroatoms. The zero-order valence-corrected chi connectivity index (χ0v) is 13.3. The zero-order valence-electron chi connectivity index (χ0n) is 13.3. The molecule has 2 amide bonds. The predicted octanol–water partition coefficient (Wildman–Crippen LogP) is 0.564. The fraction of sp³-hybridized carbons (Fsp3) is 0.667. The largest absolute Gasteiger partial charge is 0.359 e. The molecule has 0 spiro atoms. The van der Waals surface area contributed by atoms with Gasteiger partial charge >= 0.3 is 0 Å². The molecule has 1 aliphatic rings. The van der Waals surface area contributed by atoms with E-state index in [1.54, 1.807) is 7.05 Å². The second-order valence-electron chi connectivity index (χ2n) is 5.72. The number of rotatable bonds is 3. The molecule has 1 aromatic heterocycles. The first kappa shape index (κ1) is 15.5. The van der Waals surface area contributed by atoms with Crippen molar-refractivity contribution in [2.75, 3.05) is 20.1 Å². The number of piperidine rings is 1. The summed E-state index contributed by atoms with van der Waals surface area (Å²) in [7, 11) is 3.55. The lowest BCUT2D eigenvalue weighted by Gasteiger charge is -2.31. The summed E-state index contributed by atoms with van der Waals surface area (Å²) in [6.45, 7) is 5.25. The summed E-state index contributed by atoms with van der Waals surface area (Å²) in [5.74, 6) is 0.256.